The van der Waals surface area contributed by atoms with Crippen LogP contribution in [0.25, 0.3) is 0 Å². The first kappa shape index (κ1) is 14.8. The van der Waals surface area contributed by atoms with E-state index in [0.717, 1.165) is 25.7 Å². The average molecular weight is 257 g/mol. The molecule has 1 saturated heterocycles. The summed E-state index contributed by atoms with van der Waals surface area (Å²) in [4.78, 5) is 24.6. The van der Waals surface area contributed by atoms with Gasteiger partial charge in [-0.2, -0.15) is 0 Å². The molecule has 0 aromatic heterocycles. The average Bonchev–Trinajstić information content (AvgIpc) is 2.34. The summed E-state index contributed by atoms with van der Waals surface area (Å²) < 4.78 is 0. The van der Waals surface area contributed by atoms with E-state index in [9.17, 15) is 9.59 Å². The number of amides is 2. The number of carbonyl (C=O) groups is 2. The molecule has 0 aromatic rings. The Morgan fingerprint density at radius 2 is 2.06 bits per heavy atom. The highest BCUT2D eigenvalue weighted by Crippen LogP contribution is 2.09. The second kappa shape index (κ2) is 7.20. The lowest BCUT2D eigenvalue weighted by atomic mass is 10.1. The molecule has 6 heteroatoms. The van der Waals surface area contributed by atoms with Gasteiger partial charge >= 0.3 is 12.0 Å². The van der Waals surface area contributed by atoms with Crippen LogP contribution < -0.4 is 11.1 Å². The molecule has 0 radical (unpaired) electrons. The number of aliphatic carboxylic acids is 1. The van der Waals surface area contributed by atoms with Crippen molar-refractivity contribution in [3.8, 4) is 0 Å². The molecule has 0 saturated carbocycles. The number of urea groups is 1. The predicted octanol–water partition coefficient (Wildman–Crippen LogP) is 0.763. The van der Waals surface area contributed by atoms with Crippen molar-refractivity contribution in [2.75, 3.05) is 13.1 Å². The number of nitrogens with two attached hydrogens (primary N) is 1. The fourth-order valence-corrected chi connectivity index (χ4v) is 2.01. The van der Waals surface area contributed by atoms with Crippen molar-refractivity contribution in [2.24, 2.45) is 5.73 Å². The first-order valence-electron chi connectivity index (χ1n) is 6.58. The van der Waals surface area contributed by atoms with Crippen molar-refractivity contribution >= 4 is 12.0 Å². The molecule has 1 heterocycles. The van der Waals surface area contributed by atoms with Gasteiger partial charge in [-0.25, -0.2) is 9.59 Å². The first-order chi connectivity index (χ1) is 8.54. The van der Waals surface area contributed by atoms with Gasteiger partial charge < -0.3 is 21.1 Å². The zero-order valence-corrected chi connectivity index (χ0v) is 10.9. The van der Waals surface area contributed by atoms with Crippen molar-refractivity contribution in [1.82, 2.24) is 10.2 Å². The highest BCUT2D eigenvalue weighted by atomic mass is 16.4. The molecule has 6 nitrogen and oxygen atoms in total. The number of carbonyl (C=O) groups excluding carboxylic acids is 1. The van der Waals surface area contributed by atoms with Gasteiger partial charge in [-0.15, -0.1) is 0 Å². The van der Waals surface area contributed by atoms with Crippen molar-refractivity contribution < 1.29 is 14.7 Å². The molecule has 0 unspecified atom stereocenters. The van der Waals surface area contributed by atoms with Gasteiger partial charge in [0.1, 0.15) is 6.04 Å². The Bertz CT molecular complexity index is 288. The lowest BCUT2D eigenvalue weighted by Crippen LogP contribution is -2.51. The van der Waals surface area contributed by atoms with Crippen LogP contribution in [-0.2, 0) is 4.79 Å². The number of nitrogens with zero attached hydrogens (tertiary/aromatic N) is 1. The zero-order valence-electron chi connectivity index (χ0n) is 10.9. The Morgan fingerprint density at radius 1 is 1.44 bits per heavy atom. The van der Waals surface area contributed by atoms with E-state index in [1.807, 2.05) is 6.92 Å². The molecule has 0 spiro atoms. The number of carboxylic acid groups (broad SMARTS) is 1. The molecule has 0 aromatic carbocycles. The highest BCUT2D eigenvalue weighted by Gasteiger charge is 2.25. The van der Waals surface area contributed by atoms with Crippen LogP contribution in [0.15, 0.2) is 0 Å². The Kier molecular flexibility index (Phi) is 5.91. The van der Waals surface area contributed by atoms with E-state index in [1.54, 1.807) is 4.90 Å². The summed E-state index contributed by atoms with van der Waals surface area (Å²) in [7, 11) is 0. The van der Waals surface area contributed by atoms with Crippen LogP contribution in [0.1, 0.15) is 39.0 Å². The van der Waals surface area contributed by atoms with E-state index < -0.39 is 12.0 Å². The number of piperidine rings is 1. The van der Waals surface area contributed by atoms with Gasteiger partial charge in [-0.05, 0) is 19.3 Å². The van der Waals surface area contributed by atoms with Crippen LogP contribution in [0.4, 0.5) is 4.79 Å². The molecule has 0 aliphatic carbocycles. The van der Waals surface area contributed by atoms with Gasteiger partial charge in [0.15, 0.2) is 0 Å². The van der Waals surface area contributed by atoms with E-state index in [0.29, 0.717) is 19.5 Å². The number of rotatable bonds is 5. The minimum Gasteiger partial charge on any atom is -0.480 e. The SMILES string of the molecule is CCCC[C@H](NC(=O)N1CCC(N)CC1)C(=O)O. The Hall–Kier alpha value is -1.30. The van der Waals surface area contributed by atoms with Gasteiger partial charge in [0.25, 0.3) is 0 Å². The lowest BCUT2D eigenvalue weighted by Gasteiger charge is -2.31. The van der Waals surface area contributed by atoms with Crippen LogP contribution >= 0.6 is 0 Å². The molecule has 0 bridgehead atoms. The summed E-state index contributed by atoms with van der Waals surface area (Å²) in [5.74, 6) is -0.967. The van der Waals surface area contributed by atoms with Crippen LogP contribution in [0.3, 0.4) is 0 Å². The van der Waals surface area contributed by atoms with Crippen LogP contribution in [0.2, 0.25) is 0 Å². The molecule has 4 N–H and O–H groups in total. The molecule has 1 aliphatic rings. The number of hydrogen-bond donors (Lipinski definition) is 3. The molecule has 1 rings (SSSR count). The third kappa shape index (κ3) is 4.52. The second-order valence-electron chi connectivity index (χ2n) is 4.81. The number of likely N-dealkylation sites (tertiary alicyclic amines) is 1. The molecule has 18 heavy (non-hydrogen) atoms. The summed E-state index contributed by atoms with van der Waals surface area (Å²) in [5.41, 5.74) is 5.76. The normalized spacial score (nSPS) is 18.4. The minimum atomic E-state index is -0.967. The maximum Gasteiger partial charge on any atom is 0.326 e. The number of nitrogens with one attached hydrogen (secondary N) is 1. The fourth-order valence-electron chi connectivity index (χ4n) is 2.01. The molecule has 104 valence electrons. The van der Waals surface area contributed by atoms with Crippen LogP contribution in [0, 0.1) is 0 Å². The van der Waals surface area contributed by atoms with Crippen molar-refractivity contribution in [2.45, 2.75) is 51.1 Å². The van der Waals surface area contributed by atoms with Gasteiger partial charge in [0, 0.05) is 19.1 Å². The summed E-state index contributed by atoms with van der Waals surface area (Å²) >= 11 is 0. The van der Waals surface area contributed by atoms with E-state index >= 15 is 0 Å². The number of hydrogen-bond acceptors (Lipinski definition) is 3. The predicted molar refractivity (Wildman–Crippen MR) is 68.3 cm³/mol. The number of carboxylic acids is 1. The summed E-state index contributed by atoms with van der Waals surface area (Å²) in [6.07, 6.45) is 3.74. The van der Waals surface area contributed by atoms with E-state index in [4.69, 9.17) is 10.8 Å². The van der Waals surface area contributed by atoms with Gasteiger partial charge in [0.2, 0.25) is 0 Å². The fraction of sp³-hybridized carbons (Fsp3) is 0.833. The smallest absolute Gasteiger partial charge is 0.326 e. The molecule has 1 aliphatic heterocycles. The van der Waals surface area contributed by atoms with E-state index in [2.05, 4.69) is 5.32 Å². The Labute approximate surface area is 108 Å². The molecule has 2 amide bonds. The highest BCUT2D eigenvalue weighted by molar-refractivity contribution is 5.82. The number of unbranched alkanes of at least 4 members (excludes halogenated alkanes) is 1. The van der Waals surface area contributed by atoms with Crippen molar-refractivity contribution in [3.63, 3.8) is 0 Å². The molecular formula is C12H23N3O3. The van der Waals surface area contributed by atoms with Gasteiger partial charge in [0.05, 0.1) is 0 Å². The Morgan fingerprint density at radius 3 is 2.56 bits per heavy atom. The monoisotopic (exact) mass is 257 g/mol. The van der Waals surface area contributed by atoms with Crippen molar-refractivity contribution in [1.29, 1.82) is 0 Å². The minimum absolute atomic E-state index is 0.157. The zero-order chi connectivity index (χ0) is 13.5. The van der Waals surface area contributed by atoms with Crippen molar-refractivity contribution in [3.05, 3.63) is 0 Å². The summed E-state index contributed by atoms with van der Waals surface area (Å²) in [5, 5.41) is 11.6. The lowest BCUT2D eigenvalue weighted by molar-refractivity contribution is -0.139. The summed E-state index contributed by atoms with van der Waals surface area (Å²) in [6, 6.07) is -0.914. The van der Waals surface area contributed by atoms with Gasteiger partial charge in [-0.3, -0.25) is 0 Å². The van der Waals surface area contributed by atoms with E-state index in [-0.39, 0.29) is 12.1 Å². The van der Waals surface area contributed by atoms with E-state index in [1.165, 1.54) is 0 Å². The third-order valence-corrected chi connectivity index (χ3v) is 3.27. The maximum atomic E-state index is 11.9. The standard InChI is InChI=1S/C12H23N3O3/c1-2-3-4-10(11(16)17)14-12(18)15-7-5-9(13)6-8-15/h9-10H,2-8,13H2,1H3,(H,14,18)(H,16,17)/t10-/m0/s1. The molecular weight excluding hydrogens is 234 g/mol. The maximum absolute atomic E-state index is 11.9. The Balaban J connectivity index is 2.42. The molecule has 1 atom stereocenters. The first-order valence-corrected chi connectivity index (χ1v) is 6.58. The quantitative estimate of drug-likeness (QED) is 0.677. The third-order valence-electron chi connectivity index (χ3n) is 3.27. The summed E-state index contributed by atoms with van der Waals surface area (Å²) in [6.45, 7) is 3.20. The van der Waals surface area contributed by atoms with Gasteiger partial charge in [-0.1, -0.05) is 19.8 Å². The second-order valence-corrected chi connectivity index (χ2v) is 4.81. The van der Waals surface area contributed by atoms with Crippen LogP contribution in [0.5, 0.6) is 0 Å². The molecule has 1 fully saturated rings. The topological polar surface area (TPSA) is 95.7 Å². The van der Waals surface area contributed by atoms with Crippen LogP contribution in [-0.4, -0.2) is 47.2 Å². The largest absolute Gasteiger partial charge is 0.480 e.